The lowest BCUT2D eigenvalue weighted by Gasteiger charge is -2.03. The van der Waals surface area contributed by atoms with E-state index in [-0.39, 0.29) is 5.69 Å². The van der Waals surface area contributed by atoms with E-state index in [9.17, 15) is 10.1 Å². The molecule has 1 N–H and O–H groups in total. The van der Waals surface area contributed by atoms with Gasteiger partial charge in [-0.1, -0.05) is 6.07 Å². The van der Waals surface area contributed by atoms with E-state index in [4.69, 9.17) is 12.2 Å². The number of pyridine rings is 1. The van der Waals surface area contributed by atoms with Crippen molar-refractivity contribution in [1.82, 2.24) is 14.5 Å². The lowest BCUT2D eigenvalue weighted by atomic mass is 10.3. The Labute approximate surface area is 112 Å². The molecule has 7 heteroatoms. The van der Waals surface area contributed by atoms with E-state index in [0.717, 1.165) is 5.52 Å². The van der Waals surface area contributed by atoms with E-state index in [2.05, 4.69) is 9.97 Å². The van der Waals surface area contributed by atoms with E-state index < -0.39 is 4.92 Å². The van der Waals surface area contributed by atoms with Gasteiger partial charge in [0.05, 0.1) is 16.1 Å². The van der Waals surface area contributed by atoms with Crippen molar-refractivity contribution in [2.24, 2.45) is 0 Å². The van der Waals surface area contributed by atoms with Crippen LogP contribution in [0, 0.1) is 14.9 Å². The molecule has 94 valence electrons. The Hall–Kier alpha value is -2.54. The predicted molar refractivity (Wildman–Crippen MR) is 72.9 cm³/mol. The van der Waals surface area contributed by atoms with Gasteiger partial charge in [-0.2, -0.15) is 0 Å². The monoisotopic (exact) mass is 272 g/mol. The molecule has 3 rings (SSSR count). The maximum absolute atomic E-state index is 10.8. The minimum atomic E-state index is -0.435. The third-order valence-corrected chi connectivity index (χ3v) is 3.03. The molecule has 0 aliphatic carbocycles. The van der Waals surface area contributed by atoms with E-state index in [1.54, 1.807) is 29.0 Å². The standard InChI is InChI=1S/C12H8N4O2S/c17-16(18)9-4-1-3-8(7-9)15-11-10(14-12(15)19)5-2-6-13-11/h1-7H,(H,14,19). The second-order valence-corrected chi connectivity index (χ2v) is 4.30. The lowest BCUT2D eigenvalue weighted by molar-refractivity contribution is -0.384. The van der Waals surface area contributed by atoms with Crippen LogP contribution in [0.3, 0.4) is 0 Å². The first-order valence-corrected chi connectivity index (χ1v) is 5.88. The minimum absolute atomic E-state index is 0.0182. The van der Waals surface area contributed by atoms with Crippen LogP contribution in [0.5, 0.6) is 0 Å². The molecule has 6 nitrogen and oxygen atoms in total. The number of nitro groups is 1. The summed E-state index contributed by atoms with van der Waals surface area (Å²) in [5.41, 5.74) is 2.07. The van der Waals surface area contributed by atoms with E-state index >= 15 is 0 Å². The fourth-order valence-electron chi connectivity index (χ4n) is 1.93. The van der Waals surface area contributed by atoms with Gasteiger partial charge in [-0.3, -0.25) is 14.7 Å². The molecule has 0 radical (unpaired) electrons. The average molecular weight is 272 g/mol. The number of nitrogens with zero attached hydrogens (tertiary/aromatic N) is 3. The number of aromatic amines is 1. The first-order valence-electron chi connectivity index (χ1n) is 5.47. The zero-order valence-electron chi connectivity index (χ0n) is 9.61. The quantitative estimate of drug-likeness (QED) is 0.442. The van der Waals surface area contributed by atoms with Crippen LogP contribution < -0.4 is 0 Å². The zero-order valence-corrected chi connectivity index (χ0v) is 10.4. The van der Waals surface area contributed by atoms with Gasteiger partial charge in [0.25, 0.3) is 5.69 Å². The Bertz CT molecular complexity index is 837. The normalized spacial score (nSPS) is 10.7. The molecule has 0 bridgehead atoms. The molecule has 19 heavy (non-hydrogen) atoms. The van der Waals surface area contributed by atoms with Crippen LogP contribution in [0.1, 0.15) is 0 Å². The number of imidazole rings is 1. The molecular weight excluding hydrogens is 264 g/mol. The molecule has 1 aromatic carbocycles. The third-order valence-electron chi connectivity index (χ3n) is 2.74. The van der Waals surface area contributed by atoms with Crippen molar-refractivity contribution in [3.63, 3.8) is 0 Å². The number of aromatic nitrogens is 3. The van der Waals surface area contributed by atoms with Crippen molar-refractivity contribution >= 4 is 29.1 Å². The Balaban J connectivity index is 2.30. The van der Waals surface area contributed by atoms with Gasteiger partial charge in [0, 0.05) is 18.3 Å². The summed E-state index contributed by atoms with van der Waals surface area (Å²) in [6.07, 6.45) is 1.65. The molecule has 0 atom stereocenters. The number of rotatable bonds is 2. The summed E-state index contributed by atoms with van der Waals surface area (Å²) in [5, 5.41) is 10.8. The van der Waals surface area contributed by atoms with E-state index in [1.165, 1.54) is 12.1 Å². The van der Waals surface area contributed by atoms with Crippen LogP contribution in [-0.2, 0) is 0 Å². The summed E-state index contributed by atoms with van der Waals surface area (Å²) in [4.78, 5) is 17.7. The SMILES string of the molecule is O=[N+]([O-])c1cccc(-n2c(=S)[nH]c3cccnc32)c1. The molecule has 0 amide bonds. The molecule has 2 aromatic heterocycles. The highest BCUT2D eigenvalue weighted by molar-refractivity contribution is 7.71. The number of non-ortho nitro benzene ring substituents is 1. The number of H-pyrrole nitrogens is 1. The van der Waals surface area contributed by atoms with Crippen molar-refractivity contribution in [3.8, 4) is 5.69 Å². The maximum Gasteiger partial charge on any atom is 0.271 e. The molecule has 0 fully saturated rings. The molecule has 0 spiro atoms. The van der Waals surface area contributed by atoms with Crippen LogP contribution >= 0.6 is 12.2 Å². The van der Waals surface area contributed by atoms with Gasteiger partial charge in [-0.05, 0) is 30.4 Å². The van der Waals surface area contributed by atoms with Crippen LogP contribution in [-0.4, -0.2) is 19.5 Å². The minimum Gasteiger partial charge on any atom is -0.329 e. The smallest absolute Gasteiger partial charge is 0.271 e. The summed E-state index contributed by atoms with van der Waals surface area (Å²) in [5.74, 6) is 0. The fourth-order valence-corrected chi connectivity index (χ4v) is 2.23. The average Bonchev–Trinajstić information content (AvgIpc) is 2.74. The second kappa shape index (κ2) is 4.29. The Morgan fingerprint density at radius 2 is 2.16 bits per heavy atom. The highest BCUT2D eigenvalue weighted by atomic mass is 32.1. The maximum atomic E-state index is 10.8. The van der Waals surface area contributed by atoms with Crippen molar-refractivity contribution in [2.45, 2.75) is 0 Å². The highest BCUT2D eigenvalue weighted by Gasteiger charge is 2.11. The third kappa shape index (κ3) is 1.89. The van der Waals surface area contributed by atoms with Crippen molar-refractivity contribution in [2.75, 3.05) is 0 Å². The molecule has 0 saturated heterocycles. The highest BCUT2D eigenvalue weighted by Crippen LogP contribution is 2.21. The Kier molecular flexibility index (Phi) is 2.60. The van der Waals surface area contributed by atoms with Crippen molar-refractivity contribution < 1.29 is 4.92 Å². The van der Waals surface area contributed by atoms with E-state index in [1.807, 2.05) is 6.07 Å². The van der Waals surface area contributed by atoms with Gasteiger partial charge >= 0.3 is 0 Å². The van der Waals surface area contributed by atoms with E-state index in [0.29, 0.717) is 16.1 Å². The summed E-state index contributed by atoms with van der Waals surface area (Å²) in [6, 6.07) is 9.94. The summed E-state index contributed by atoms with van der Waals surface area (Å²) >= 11 is 5.24. The van der Waals surface area contributed by atoms with Gasteiger partial charge in [0.15, 0.2) is 10.4 Å². The number of hydrogen-bond donors (Lipinski definition) is 1. The summed E-state index contributed by atoms with van der Waals surface area (Å²) in [7, 11) is 0. The molecule has 2 heterocycles. The summed E-state index contributed by atoms with van der Waals surface area (Å²) < 4.78 is 2.13. The molecule has 3 aromatic rings. The van der Waals surface area contributed by atoms with Gasteiger partial charge in [-0.15, -0.1) is 0 Å². The first kappa shape index (κ1) is 11.5. The predicted octanol–water partition coefficient (Wildman–Crippen LogP) is 2.99. The van der Waals surface area contributed by atoms with Gasteiger partial charge in [0.1, 0.15) is 0 Å². The van der Waals surface area contributed by atoms with Gasteiger partial charge in [-0.25, -0.2) is 4.98 Å². The first-order chi connectivity index (χ1) is 9.16. The van der Waals surface area contributed by atoms with Gasteiger partial charge in [0.2, 0.25) is 0 Å². The number of nitro benzene ring substituents is 1. The second-order valence-electron chi connectivity index (χ2n) is 3.92. The largest absolute Gasteiger partial charge is 0.329 e. The Morgan fingerprint density at radius 3 is 2.95 bits per heavy atom. The topological polar surface area (TPSA) is 76.8 Å². The van der Waals surface area contributed by atoms with Crippen molar-refractivity contribution in [1.29, 1.82) is 0 Å². The molecule has 0 saturated carbocycles. The zero-order chi connectivity index (χ0) is 13.4. The number of hydrogen-bond acceptors (Lipinski definition) is 4. The molecule has 0 unspecified atom stereocenters. The molecule has 0 aliphatic heterocycles. The van der Waals surface area contributed by atoms with Crippen LogP contribution in [0.4, 0.5) is 5.69 Å². The molecule has 0 aliphatic rings. The number of benzene rings is 1. The lowest BCUT2D eigenvalue weighted by Crippen LogP contribution is -1.97. The number of nitrogens with one attached hydrogen (secondary N) is 1. The number of fused-ring (bicyclic) bond motifs is 1. The van der Waals surface area contributed by atoms with Gasteiger partial charge < -0.3 is 4.98 Å². The summed E-state index contributed by atoms with van der Waals surface area (Å²) in [6.45, 7) is 0. The van der Waals surface area contributed by atoms with Crippen LogP contribution in [0.2, 0.25) is 0 Å². The fraction of sp³-hybridized carbons (Fsp3) is 0. The van der Waals surface area contributed by atoms with Crippen molar-refractivity contribution in [3.05, 3.63) is 57.5 Å². The molecular formula is C12H8N4O2S. The van der Waals surface area contributed by atoms with Crippen LogP contribution in [0.15, 0.2) is 42.6 Å². The Morgan fingerprint density at radius 1 is 1.32 bits per heavy atom. The van der Waals surface area contributed by atoms with Crippen LogP contribution in [0.25, 0.3) is 16.9 Å².